The highest BCUT2D eigenvalue weighted by atomic mass is 16.5. The van der Waals surface area contributed by atoms with E-state index in [1.165, 1.54) is 7.11 Å². The molecule has 0 bridgehead atoms. The summed E-state index contributed by atoms with van der Waals surface area (Å²) in [6.45, 7) is 5.00. The second kappa shape index (κ2) is 5.64. The van der Waals surface area contributed by atoms with Crippen LogP contribution in [-0.2, 0) is 14.3 Å². The van der Waals surface area contributed by atoms with Crippen LogP contribution in [0.3, 0.4) is 0 Å². The van der Waals surface area contributed by atoms with E-state index in [0.717, 1.165) is 12.8 Å². The molecule has 0 amide bonds. The van der Waals surface area contributed by atoms with Crippen molar-refractivity contribution in [1.82, 2.24) is 5.32 Å². The molecule has 1 rings (SSSR count). The van der Waals surface area contributed by atoms with Gasteiger partial charge in [0.2, 0.25) is 0 Å². The summed E-state index contributed by atoms with van der Waals surface area (Å²) in [7, 11) is 3.34. The third-order valence-electron chi connectivity index (χ3n) is 3.49. The first-order valence-electron chi connectivity index (χ1n) is 5.90. The second-order valence-corrected chi connectivity index (χ2v) is 4.89. The van der Waals surface area contributed by atoms with Gasteiger partial charge in [-0.1, -0.05) is 13.8 Å². The minimum absolute atomic E-state index is 0.153. The van der Waals surface area contributed by atoms with Crippen LogP contribution in [0.1, 0.15) is 33.1 Å². The predicted octanol–water partition coefficient (Wildman–Crippen LogP) is 1.34. The molecule has 4 nitrogen and oxygen atoms in total. The van der Waals surface area contributed by atoms with Crippen LogP contribution < -0.4 is 5.32 Å². The Balaban J connectivity index is 2.67. The summed E-state index contributed by atoms with van der Waals surface area (Å²) in [5.41, 5.74) is -0.153. The van der Waals surface area contributed by atoms with E-state index in [2.05, 4.69) is 19.2 Å². The Morgan fingerprint density at radius 3 is 2.81 bits per heavy atom. The number of carbonyl (C=O) groups excluding carboxylic acids is 1. The lowest BCUT2D eigenvalue weighted by Gasteiger charge is -2.41. The van der Waals surface area contributed by atoms with Crippen LogP contribution in [0.25, 0.3) is 0 Å². The first-order valence-corrected chi connectivity index (χ1v) is 5.90. The minimum Gasteiger partial charge on any atom is -0.469 e. The van der Waals surface area contributed by atoms with Crippen molar-refractivity contribution in [1.29, 1.82) is 0 Å². The molecule has 0 aromatic carbocycles. The molecule has 16 heavy (non-hydrogen) atoms. The molecule has 94 valence electrons. The van der Waals surface area contributed by atoms with Crippen molar-refractivity contribution in [3.8, 4) is 0 Å². The van der Waals surface area contributed by atoms with Gasteiger partial charge in [-0.25, -0.2) is 0 Å². The number of hydrogen-bond acceptors (Lipinski definition) is 4. The molecule has 1 N–H and O–H groups in total. The molecule has 2 atom stereocenters. The van der Waals surface area contributed by atoms with Crippen molar-refractivity contribution in [2.24, 2.45) is 5.92 Å². The number of rotatable bonds is 4. The third kappa shape index (κ3) is 3.19. The summed E-state index contributed by atoms with van der Waals surface area (Å²) in [6.07, 6.45) is 2.39. The van der Waals surface area contributed by atoms with E-state index in [9.17, 15) is 4.79 Å². The molecular weight excluding hydrogens is 206 g/mol. The molecule has 1 saturated heterocycles. The fourth-order valence-corrected chi connectivity index (χ4v) is 2.20. The topological polar surface area (TPSA) is 47.6 Å². The predicted molar refractivity (Wildman–Crippen MR) is 62.2 cm³/mol. The molecule has 1 aliphatic rings. The molecule has 1 aliphatic heterocycles. The van der Waals surface area contributed by atoms with Gasteiger partial charge >= 0.3 is 5.97 Å². The minimum atomic E-state index is -0.154. The molecule has 1 heterocycles. The molecule has 1 fully saturated rings. The molecule has 0 aliphatic carbocycles. The average molecular weight is 229 g/mol. The number of esters is 1. The van der Waals surface area contributed by atoms with Crippen molar-refractivity contribution >= 4 is 5.97 Å². The number of hydrogen-bond donors (Lipinski definition) is 1. The Bertz CT molecular complexity index is 242. The fourth-order valence-electron chi connectivity index (χ4n) is 2.20. The Hall–Kier alpha value is -0.610. The first kappa shape index (κ1) is 13.5. The summed E-state index contributed by atoms with van der Waals surface area (Å²) >= 11 is 0. The van der Waals surface area contributed by atoms with E-state index in [1.54, 1.807) is 0 Å². The van der Waals surface area contributed by atoms with E-state index in [1.807, 2.05) is 7.05 Å². The van der Waals surface area contributed by atoms with Gasteiger partial charge in [-0.3, -0.25) is 4.79 Å². The molecule has 0 saturated carbocycles. The van der Waals surface area contributed by atoms with Gasteiger partial charge < -0.3 is 14.8 Å². The lowest BCUT2D eigenvalue weighted by molar-refractivity contribution is -0.144. The van der Waals surface area contributed by atoms with Gasteiger partial charge in [0.15, 0.2) is 0 Å². The Morgan fingerprint density at radius 1 is 1.62 bits per heavy atom. The Labute approximate surface area is 97.7 Å². The van der Waals surface area contributed by atoms with Crippen LogP contribution in [0.15, 0.2) is 0 Å². The van der Waals surface area contributed by atoms with Gasteiger partial charge in [-0.15, -0.1) is 0 Å². The van der Waals surface area contributed by atoms with Crippen LogP contribution in [-0.4, -0.2) is 38.4 Å². The summed E-state index contributed by atoms with van der Waals surface area (Å²) in [5.74, 6) is 0.324. The quantitative estimate of drug-likeness (QED) is 0.739. The normalized spacial score (nSPS) is 30.4. The van der Waals surface area contributed by atoms with E-state index in [0.29, 0.717) is 18.9 Å². The van der Waals surface area contributed by atoms with Gasteiger partial charge in [0.1, 0.15) is 0 Å². The maximum atomic E-state index is 11.4. The fraction of sp³-hybridized carbons (Fsp3) is 0.917. The van der Waals surface area contributed by atoms with Crippen LogP contribution >= 0.6 is 0 Å². The highest BCUT2D eigenvalue weighted by Gasteiger charge is 2.38. The summed E-state index contributed by atoms with van der Waals surface area (Å²) in [6, 6.07) is 0. The SMILES string of the molecule is CNC1(CC(=O)OC)CCOC(C(C)C)C1. The van der Waals surface area contributed by atoms with Gasteiger partial charge in [0, 0.05) is 12.1 Å². The van der Waals surface area contributed by atoms with E-state index >= 15 is 0 Å². The molecular formula is C12H23NO3. The average Bonchev–Trinajstić information content (AvgIpc) is 2.29. The smallest absolute Gasteiger partial charge is 0.307 e. The highest BCUT2D eigenvalue weighted by molar-refractivity contribution is 5.70. The highest BCUT2D eigenvalue weighted by Crippen LogP contribution is 2.31. The zero-order valence-corrected chi connectivity index (χ0v) is 10.7. The van der Waals surface area contributed by atoms with E-state index < -0.39 is 0 Å². The summed E-state index contributed by atoms with van der Waals surface area (Å²) < 4.78 is 10.5. The maximum absolute atomic E-state index is 11.4. The van der Waals surface area contributed by atoms with Crippen LogP contribution in [0.2, 0.25) is 0 Å². The molecule has 0 radical (unpaired) electrons. The monoisotopic (exact) mass is 229 g/mol. The second-order valence-electron chi connectivity index (χ2n) is 4.89. The van der Waals surface area contributed by atoms with Crippen LogP contribution in [0.5, 0.6) is 0 Å². The van der Waals surface area contributed by atoms with Gasteiger partial charge in [0.05, 0.1) is 19.6 Å². The largest absolute Gasteiger partial charge is 0.469 e. The van der Waals surface area contributed by atoms with Crippen molar-refractivity contribution in [3.63, 3.8) is 0 Å². The summed E-state index contributed by atoms with van der Waals surface area (Å²) in [4.78, 5) is 11.4. The van der Waals surface area contributed by atoms with Crippen molar-refractivity contribution in [3.05, 3.63) is 0 Å². The third-order valence-corrected chi connectivity index (χ3v) is 3.49. The molecule has 0 aromatic rings. The van der Waals surface area contributed by atoms with Crippen LogP contribution in [0, 0.1) is 5.92 Å². The standard InChI is InChI=1S/C12H23NO3/c1-9(2)10-7-12(13-3,5-6-16-10)8-11(14)15-4/h9-10,13H,5-8H2,1-4H3. The van der Waals surface area contributed by atoms with Gasteiger partial charge in [0.25, 0.3) is 0 Å². The number of nitrogens with one attached hydrogen (secondary N) is 1. The molecule has 0 aromatic heterocycles. The number of ether oxygens (including phenoxy) is 2. The zero-order chi connectivity index (χ0) is 12.2. The first-order chi connectivity index (χ1) is 7.53. The van der Waals surface area contributed by atoms with Crippen molar-refractivity contribution < 1.29 is 14.3 Å². The van der Waals surface area contributed by atoms with Crippen molar-refractivity contribution in [2.75, 3.05) is 20.8 Å². The number of carbonyl (C=O) groups is 1. The molecule has 4 heteroatoms. The molecule has 2 unspecified atom stereocenters. The Kier molecular flexibility index (Phi) is 4.74. The van der Waals surface area contributed by atoms with E-state index in [-0.39, 0.29) is 17.6 Å². The van der Waals surface area contributed by atoms with Crippen molar-refractivity contribution in [2.45, 2.75) is 44.8 Å². The van der Waals surface area contributed by atoms with Gasteiger partial charge in [-0.05, 0) is 25.8 Å². The maximum Gasteiger partial charge on any atom is 0.307 e. The number of methoxy groups -OCH3 is 1. The zero-order valence-electron chi connectivity index (χ0n) is 10.7. The lowest BCUT2D eigenvalue weighted by atomic mass is 9.81. The van der Waals surface area contributed by atoms with Crippen LogP contribution in [0.4, 0.5) is 0 Å². The lowest BCUT2D eigenvalue weighted by Crippen LogP contribution is -2.52. The molecule has 0 spiro atoms. The van der Waals surface area contributed by atoms with Gasteiger partial charge in [-0.2, -0.15) is 0 Å². The van der Waals surface area contributed by atoms with E-state index in [4.69, 9.17) is 9.47 Å². The Morgan fingerprint density at radius 2 is 2.31 bits per heavy atom. The summed E-state index contributed by atoms with van der Waals surface area (Å²) in [5, 5.41) is 3.29.